The van der Waals surface area contributed by atoms with Gasteiger partial charge in [-0.25, -0.2) is 4.79 Å². The van der Waals surface area contributed by atoms with Crippen LogP contribution in [0.5, 0.6) is 0 Å². The number of carboxylic acids is 1. The Bertz CT molecular complexity index is 693. The molecule has 0 aromatic rings. The zero-order valence-corrected chi connectivity index (χ0v) is 17.8. The van der Waals surface area contributed by atoms with Crippen molar-refractivity contribution in [3.8, 4) is 0 Å². The van der Waals surface area contributed by atoms with Crippen molar-refractivity contribution < 1.29 is 79.5 Å². The maximum absolute atomic E-state index is 11.3. The number of carbonyl (C=O) groups is 1. The summed E-state index contributed by atoms with van der Waals surface area (Å²) in [5.74, 6) is -1.68. The smallest absolute Gasteiger partial charge is 0.335 e. The molecule has 3 aliphatic heterocycles. The lowest BCUT2D eigenvalue weighted by molar-refractivity contribution is -0.378. The molecule has 0 aromatic carbocycles. The molecule has 3 rings (SSSR count). The number of hydrogen-bond acceptors (Lipinski definition) is 15. The van der Waals surface area contributed by atoms with E-state index in [1.54, 1.807) is 0 Å². The number of rotatable bonds is 6. The van der Waals surface area contributed by atoms with Gasteiger partial charge in [0.05, 0.1) is 12.7 Å². The normalized spacial score (nSPS) is 52.4. The first-order valence-electron chi connectivity index (χ1n) is 10.4. The topological polar surface area (TPSA) is 266 Å². The van der Waals surface area contributed by atoms with Crippen molar-refractivity contribution in [2.45, 2.75) is 99.0 Å². The Hall–Kier alpha value is -1.09. The van der Waals surface area contributed by atoms with Crippen LogP contribution in [-0.4, -0.2) is 156 Å². The molecule has 15 atom stereocenters. The third-order valence-corrected chi connectivity index (χ3v) is 6.01. The summed E-state index contributed by atoms with van der Waals surface area (Å²) in [5.41, 5.74) is 0. The molecule has 16 nitrogen and oxygen atoms in total. The van der Waals surface area contributed by atoms with Gasteiger partial charge in [-0.05, 0) is 6.92 Å². The van der Waals surface area contributed by atoms with Crippen molar-refractivity contribution in [3.05, 3.63) is 0 Å². The summed E-state index contributed by atoms with van der Waals surface area (Å²) in [6.45, 7) is 0.610. The SMILES string of the molecule is C[C@@H]1OC(O)[C@@H](O)[C@H](O[C@@H]2O[C@H](C(=O)O)[C@@H](O)[C@H](O)[C@H]2O)[C@@H]1O[C@@H]1O[C@H](CO)[C@H](O)[C@H](O)[C@H]1O. The average molecular weight is 502 g/mol. The molecular weight excluding hydrogens is 472 g/mol. The standard InChI is InChI=1S/C18H30O16/c1-3-12(32-17-9(24)6(21)5(20)4(2-19)31-17)13(11(26)16(29)30-3)33-18-10(25)7(22)8(23)14(34-18)15(27)28/h3-14,16-26,29H,2H2,1H3,(H,27,28)/t3-,4+,5-,6-,7-,8-,9+,10+,11-,12+,13-,14-,16?,17-,18+/m0/s1. The average Bonchev–Trinajstić information content (AvgIpc) is 2.79. The van der Waals surface area contributed by atoms with E-state index in [2.05, 4.69) is 0 Å². The number of ether oxygens (including phenoxy) is 5. The molecule has 198 valence electrons. The van der Waals surface area contributed by atoms with Crippen molar-refractivity contribution >= 4 is 5.97 Å². The maximum atomic E-state index is 11.3. The molecule has 0 radical (unpaired) electrons. The van der Waals surface area contributed by atoms with Crippen LogP contribution in [0.15, 0.2) is 0 Å². The summed E-state index contributed by atoms with van der Waals surface area (Å²) < 4.78 is 26.5. The molecule has 3 saturated heterocycles. The van der Waals surface area contributed by atoms with Gasteiger partial charge < -0.3 is 74.7 Å². The van der Waals surface area contributed by atoms with Crippen LogP contribution in [0.25, 0.3) is 0 Å². The third-order valence-electron chi connectivity index (χ3n) is 6.01. The minimum atomic E-state index is -2.01. The second-order valence-corrected chi connectivity index (χ2v) is 8.36. The van der Waals surface area contributed by atoms with E-state index in [1.807, 2.05) is 0 Å². The van der Waals surface area contributed by atoms with E-state index >= 15 is 0 Å². The van der Waals surface area contributed by atoms with Crippen LogP contribution in [0.2, 0.25) is 0 Å². The number of hydrogen-bond donors (Lipinski definition) is 10. The highest BCUT2D eigenvalue weighted by atomic mass is 16.8. The molecular formula is C18H30O16. The van der Waals surface area contributed by atoms with Crippen molar-refractivity contribution in [3.63, 3.8) is 0 Å². The molecule has 0 bridgehead atoms. The van der Waals surface area contributed by atoms with Gasteiger partial charge in [0, 0.05) is 0 Å². The third kappa shape index (κ3) is 5.20. The second-order valence-electron chi connectivity index (χ2n) is 8.36. The molecule has 16 heteroatoms. The fourth-order valence-corrected chi connectivity index (χ4v) is 4.00. The van der Waals surface area contributed by atoms with E-state index in [0.717, 1.165) is 0 Å². The second kappa shape index (κ2) is 10.9. The van der Waals surface area contributed by atoms with Crippen LogP contribution >= 0.6 is 0 Å². The van der Waals surface area contributed by atoms with Crippen LogP contribution in [0.1, 0.15) is 6.92 Å². The quantitative estimate of drug-likeness (QED) is 0.162. The Morgan fingerprint density at radius 1 is 0.706 bits per heavy atom. The van der Waals surface area contributed by atoms with Gasteiger partial charge in [-0.2, -0.15) is 0 Å². The molecule has 0 amide bonds. The summed E-state index contributed by atoms with van der Waals surface area (Å²) in [6, 6.07) is 0. The summed E-state index contributed by atoms with van der Waals surface area (Å²) >= 11 is 0. The van der Waals surface area contributed by atoms with E-state index in [1.165, 1.54) is 6.92 Å². The van der Waals surface area contributed by atoms with Gasteiger partial charge in [0.2, 0.25) is 0 Å². The van der Waals surface area contributed by atoms with Crippen LogP contribution in [0.4, 0.5) is 0 Å². The zero-order chi connectivity index (χ0) is 25.5. The van der Waals surface area contributed by atoms with Gasteiger partial charge in [-0.15, -0.1) is 0 Å². The zero-order valence-electron chi connectivity index (χ0n) is 17.8. The van der Waals surface area contributed by atoms with Crippen LogP contribution in [0.3, 0.4) is 0 Å². The van der Waals surface area contributed by atoms with Crippen LogP contribution < -0.4 is 0 Å². The van der Waals surface area contributed by atoms with E-state index in [-0.39, 0.29) is 0 Å². The van der Waals surface area contributed by atoms with Gasteiger partial charge >= 0.3 is 5.97 Å². The molecule has 0 saturated carbocycles. The van der Waals surface area contributed by atoms with E-state index < -0.39 is 105 Å². The highest BCUT2D eigenvalue weighted by molar-refractivity contribution is 5.73. The van der Waals surface area contributed by atoms with Gasteiger partial charge in [-0.1, -0.05) is 0 Å². The molecule has 0 spiro atoms. The Morgan fingerprint density at radius 2 is 1.24 bits per heavy atom. The number of aliphatic hydroxyl groups is 9. The largest absolute Gasteiger partial charge is 0.479 e. The Morgan fingerprint density at radius 3 is 1.79 bits per heavy atom. The minimum Gasteiger partial charge on any atom is -0.479 e. The van der Waals surface area contributed by atoms with E-state index in [4.69, 9.17) is 23.7 Å². The molecule has 0 aromatic heterocycles. The fraction of sp³-hybridized carbons (Fsp3) is 0.944. The van der Waals surface area contributed by atoms with Crippen molar-refractivity contribution in [2.75, 3.05) is 6.61 Å². The first kappa shape index (κ1) is 27.5. The first-order valence-corrected chi connectivity index (χ1v) is 10.4. The highest BCUT2D eigenvalue weighted by Gasteiger charge is 2.54. The monoisotopic (exact) mass is 502 g/mol. The number of carboxylic acid groups (broad SMARTS) is 1. The first-order chi connectivity index (χ1) is 15.9. The molecule has 1 unspecified atom stereocenters. The molecule has 3 heterocycles. The highest BCUT2D eigenvalue weighted by Crippen LogP contribution is 2.32. The minimum absolute atomic E-state index is 0.748. The predicted molar refractivity (Wildman–Crippen MR) is 100 cm³/mol. The van der Waals surface area contributed by atoms with Crippen LogP contribution in [-0.2, 0) is 28.5 Å². The van der Waals surface area contributed by atoms with E-state index in [0.29, 0.717) is 0 Å². The molecule has 10 N–H and O–H groups in total. The maximum Gasteiger partial charge on any atom is 0.335 e. The lowest BCUT2D eigenvalue weighted by Gasteiger charge is -2.47. The molecule has 34 heavy (non-hydrogen) atoms. The number of aliphatic carboxylic acids is 1. The van der Waals surface area contributed by atoms with E-state index in [9.17, 15) is 55.9 Å². The summed E-state index contributed by atoms with van der Waals surface area (Å²) in [7, 11) is 0. The van der Waals surface area contributed by atoms with Crippen molar-refractivity contribution in [1.29, 1.82) is 0 Å². The predicted octanol–water partition coefficient (Wildman–Crippen LogP) is -6.45. The summed E-state index contributed by atoms with van der Waals surface area (Å²) in [4.78, 5) is 11.3. The van der Waals surface area contributed by atoms with Gasteiger partial charge in [0.15, 0.2) is 25.0 Å². The van der Waals surface area contributed by atoms with Crippen molar-refractivity contribution in [1.82, 2.24) is 0 Å². The summed E-state index contributed by atoms with van der Waals surface area (Å²) in [6.07, 6.45) is -26.2. The number of aliphatic hydroxyl groups excluding tert-OH is 9. The molecule has 3 fully saturated rings. The lowest BCUT2D eigenvalue weighted by atomic mass is 9.96. The van der Waals surface area contributed by atoms with Crippen LogP contribution in [0, 0.1) is 0 Å². The summed E-state index contributed by atoms with van der Waals surface area (Å²) in [5, 5.41) is 99.1. The van der Waals surface area contributed by atoms with Gasteiger partial charge in [0.25, 0.3) is 0 Å². The Kier molecular flexibility index (Phi) is 8.81. The van der Waals surface area contributed by atoms with Gasteiger partial charge in [-0.3, -0.25) is 0 Å². The Balaban J connectivity index is 1.82. The fourth-order valence-electron chi connectivity index (χ4n) is 4.00. The van der Waals surface area contributed by atoms with Gasteiger partial charge in [0.1, 0.15) is 61.0 Å². The van der Waals surface area contributed by atoms with Crippen molar-refractivity contribution in [2.24, 2.45) is 0 Å². The molecule has 3 aliphatic rings. The Labute approximate surface area is 192 Å². The molecule has 0 aliphatic carbocycles. The lowest BCUT2D eigenvalue weighted by Crippen LogP contribution is -2.66.